The van der Waals surface area contributed by atoms with Gasteiger partial charge in [-0.2, -0.15) is 4.98 Å². The van der Waals surface area contributed by atoms with Crippen LogP contribution in [0.5, 0.6) is 0 Å². The lowest BCUT2D eigenvalue weighted by atomic mass is 9.77. The number of carbonyl (C=O) groups excluding carboxylic acids is 1. The standard InChI is InChI=1S/C20H26N4O3/c1-23(2)16-8-12-10-24(11-13(12)9-17(16)27-3)19(25)18-14-6-4-5-7-15(14)21-20(26)22-18/h4-7,12-13,16-17H,8-11H2,1-3H3,(H,21,22,26)/t12-,13+,16-,17-/m1/s1. The van der Waals surface area contributed by atoms with Gasteiger partial charge in [-0.1, -0.05) is 18.2 Å². The van der Waals surface area contributed by atoms with Crippen LogP contribution in [0.2, 0.25) is 0 Å². The number of carbonyl (C=O) groups is 1. The molecule has 27 heavy (non-hydrogen) atoms. The Balaban J connectivity index is 1.60. The first-order chi connectivity index (χ1) is 13.0. The molecule has 144 valence electrons. The number of aromatic amines is 1. The monoisotopic (exact) mass is 370 g/mol. The summed E-state index contributed by atoms with van der Waals surface area (Å²) in [5.74, 6) is 0.742. The summed E-state index contributed by atoms with van der Waals surface area (Å²) in [6.07, 6.45) is 2.16. The van der Waals surface area contributed by atoms with Crippen molar-refractivity contribution in [2.45, 2.75) is 25.0 Å². The minimum Gasteiger partial charge on any atom is -0.380 e. The Hall–Kier alpha value is -2.25. The molecule has 1 aromatic heterocycles. The van der Waals surface area contributed by atoms with E-state index in [-0.39, 0.29) is 17.7 Å². The molecule has 2 fully saturated rings. The average molecular weight is 370 g/mol. The van der Waals surface area contributed by atoms with Crippen molar-refractivity contribution in [3.8, 4) is 0 Å². The number of methoxy groups -OCH3 is 1. The van der Waals surface area contributed by atoms with Gasteiger partial charge < -0.3 is 19.5 Å². The fourth-order valence-corrected chi connectivity index (χ4v) is 4.77. The quantitative estimate of drug-likeness (QED) is 0.882. The molecule has 1 aliphatic carbocycles. The zero-order chi connectivity index (χ0) is 19.1. The van der Waals surface area contributed by atoms with E-state index in [9.17, 15) is 9.59 Å². The number of nitrogens with zero attached hydrogens (tertiary/aromatic N) is 3. The SMILES string of the molecule is CO[C@@H]1C[C@H]2CN(C(=O)c3nc(=O)[nH]c4ccccc34)C[C@H]2C[C@H]1N(C)C. The molecule has 0 spiro atoms. The highest BCUT2D eigenvalue weighted by Gasteiger charge is 2.44. The number of amides is 1. The number of para-hydroxylation sites is 1. The molecule has 1 aliphatic heterocycles. The molecular formula is C20H26N4O3. The van der Waals surface area contributed by atoms with E-state index in [1.165, 1.54) is 0 Å². The highest BCUT2D eigenvalue weighted by atomic mass is 16.5. The van der Waals surface area contributed by atoms with Crippen LogP contribution in [0, 0.1) is 11.8 Å². The highest BCUT2D eigenvalue weighted by molar-refractivity contribution is 6.04. The van der Waals surface area contributed by atoms with Crippen LogP contribution in [-0.4, -0.2) is 72.1 Å². The third-order valence-corrected chi connectivity index (χ3v) is 6.18. The number of hydrogen-bond donors (Lipinski definition) is 1. The first kappa shape index (κ1) is 18.1. The van der Waals surface area contributed by atoms with Gasteiger partial charge in [0, 0.05) is 31.6 Å². The summed E-state index contributed by atoms with van der Waals surface area (Å²) < 4.78 is 5.72. The van der Waals surface area contributed by atoms with Crippen LogP contribution in [0.15, 0.2) is 29.1 Å². The van der Waals surface area contributed by atoms with Crippen LogP contribution in [0.1, 0.15) is 23.3 Å². The molecule has 4 atom stereocenters. The molecule has 0 unspecified atom stereocenters. The van der Waals surface area contributed by atoms with Crippen molar-refractivity contribution in [3.63, 3.8) is 0 Å². The van der Waals surface area contributed by atoms with Crippen LogP contribution in [-0.2, 0) is 4.74 Å². The van der Waals surface area contributed by atoms with E-state index in [1.807, 2.05) is 23.1 Å². The number of nitrogens with one attached hydrogen (secondary N) is 1. The molecule has 1 amide bonds. The highest BCUT2D eigenvalue weighted by Crippen LogP contribution is 2.39. The molecule has 1 aromatic carbocycles. The maximum atomic E-state index is 13.2. The zero-order valence-electron chi connectivity index (χ0n) is 16.0. The van der Waals surface area contributed by atoms with E-state index in [0.29, 0.717) is 41.9 Å². The fraction of sp³-hybridized carbons (Fsp3) is 0.550. The summed E-state index contributed by atoms with van der Waals surface area (Å²) in [6, 6.07) is 7.68. The van der Waals surface area contributed by atoms with E-state index in [2.05, 4.69) is 29.0 Å². The molecular weight excluding hydrogens is 344 g/mol. The molecule has 4 rings (SSSR count). The molecule has 1 saturated heterocycles. The summed E-state index contributed by atoms with van der Waals surface area (Å²) in [5.41, 5.74) is 0.408. The van der Waals surface area contributed by atoms with Gasteiger partial charge in [-0.25, -0.2) is 4.79 Å². The van der Waals surface area contributed by atoms with Crippen molar-refractivity contribution < 1.29 is 9.53 Å². The lowest BCUT2D eigenvalue weighted by Crippen LogP contribution is -2.47. The number of likely N-dealkylation sites (N-methyl/N-ethyl adjacent to an activating group) is 1. The van der Waals surface area contributed by atoms with Crippen molar-refractivity contribution in [2.24, 2.45) is 11.8 Å². The van der Waals surface area contributed by atoms with E-state index in [1.54, 1.807) is 13.2 Å². The number of H-pyrrole nitrogens is 1. The summed E-state index contributed by atoms with van der Waals surface area (Å²) in [7, 11) is 5.94. The average Bonchev–Trinajstić information content (AvgIpc) is 3.08. The Morgan fingerprint density at radius 3 is 2.63 bits per heavy atom. The van der Waals surface area contributed by atoms with Crippen LogP contribution in [0.4, 0.5) is 0 Å². The maximum absolute atomic E-state index is 13.2. The molecule has 2 aromatic rings. The number of hydrogen-bond acceptors (Lipinski definition) is 5. The van der Waals surface area contributed by atoms with E-state index >= 15 is 0 Å². The molecule has 1 saturated carbocycles. The zero-order valence-corrected chi connectivity index (χ0v) is 16.0. The molecule has 2 aliphatic rings. The van der Waals surface area contributed by atoms with Crippen molar-refractivity contribution in [1.29, 1.82) is 0 Å². The van der Waals surface area contributed by atoms with Gasteiger partial charge >= 0.3 is 5.69 Å². The van der Waals surface area contributed by atoms with Crippen LogP contribution in [0.3, 0.4) is 0 Å². The number of fused-ring (bicyclic) bond motifs is 2. The van der Waals surface area contributed by atoms with Gasteiger partial charge in [0.2, 0.25) is 0 Å². The van der Waals surface area contributed by atoms with Crippen molar-refractivity contribution in [1.82, 2.24) is 19.8 Å². The van der Waals surface area contributed by atoms with Gasteiger partial charge in [0.1, 0.15) is 5.69 Å². The van der Waals surface area contributed by atoms with Gasteiger partial charge in [-0.15, -0.1) is 0 Å². The molecule has 7 heteroatoms. The van der Waals surface area contributed by atoms with E-state index in [4.69, 9.17) is 4.74 Å². The van der Waals surface area contributed by atoms with E-state index < -0.39 is 5.69 Å². The van der Waals surface area contributed by atoms with Crippen molar-refractivity contribution >= 4 is 16.8 Å². The Labute approximate surface area is 158 Å². The lowest BCUT2D eigenvalue weighted by Gasteiger charge is -2.40. The Kier molecular flexibility index (Phi) is 4.74. The Morgan fingerprint density at radius 1 is 1.22 bits per heavy atom. The Bertz CT molecular complexity index is 909. The number of ether oxygens (including phenoxy) is 1. The minimum atomic E-state index is -0.485. The number of likely N-dealkylation sites (tertiary alicyclic amines) is 1. The van der Waals surface area contributed by atoms with Crippen molar-refractivity contribution in [2.75, 3.05) is 34.3 Å². The molecule has 0 radical (unpaired) electrons. The van der Waals surface area contributed by atoms with Crippen molar-refractivity contribution in [3.05, 3.63) is 40.4 Å². The van der Waals surface area contributed by atoms with Gasteiger partial charge in [0.25, 0.3) is 5.91 Å². The summed E-state index contributed by atoms with van der Waals surface area (Å²) in [6.45, 7) is 1.42. The third-order valence-electron chi connectivity index (χ3n) is 6.18. The van der Waals surface area contributed by atoms with Crippen LogP contribution >= 0.6 is 0 Å². The largest absolute Gasteiger partial charge is 0.380 e. The second-order valence-corrected chi connectivity index (χ2v) is 7.94. The lowest BCUT2D eigenvalue weighted by molar-refractivity contribution is -0.0209. The molecule has 0 bridgehead atoms. The molecule has 1 N–H and O–H groups in total. The molecule has 2 heterocycles. The predicted molar refractivity (Wildman–Crippen MR) is 103 cm³/mol. The van der Waals surface area contributed by atoms with E-state index in [0.717, 1.165) is 12.8 Å². The minimum absolute atomic E-state index is 0.151. The van der Waals surface area contributed by atoms with Gasteiger partial charge in [-0.05, 0) is 44.8 Å². The second-order valence-electron chi connectivity index (χ2n) is 7.94. The summed E-state index contributed by atoms with van der Waals surface area (Å²) in [5, 5.41) is 0.693. The number of benzene rings is 1. The fourth-order valence-electron chi connectivity index (χ4n) is 4.77. The summed E-state index contributed by atoms with van der Waals surface area (Å²) >= 11 is 0. The Morgan fingerprint density at radius 2 is 1.93 bits per heavy atom. The second kappa shape index (κ2) is 7.05. The van der Waals surface area contributed by atoms with Gasteiger partial charge in [0.15, 0.2) is 0 Å². The first-order valence-electron chi connectivity index (χ1n) is 9.45. The third kappa shape index (κ3) is 3.26. The first-order valence-corrected chi connectivity index (χ1v) is 9.45. The molecule has 7 nitrogen and oxygen atoms in total. The normalized spacial score (nSPS) is 27.9. The van der Waals surface area contributed by atoms with Gasteiger partial charge in [0.05, 0.1) is 11.6 Å². The number of rotatable bonds is 3. The topological polar surface area (TPSA) is 78.5 Å². The number of aromatic nitrogens is 2. The van der Waals surface area contributed by atoms with Crippen LogP contribution in [0.25, 0.3) is 10.9 Å². The van der Waals surface area contributed by atoms with Crippen LogP contribution < -0.4 is 5.69 Å². The smallest absolute Gasteiger partial charge is 0.346 e. The van der Waals surface area contributed by atoms with Gasteiger partial charge in [-0.3, -0.25) is 4.79 Å². The predicted octanol–water partition coefficient (Wildman–Crippen LogP) is 1.35. The maximum Gasteiger partial charge on any atom is 0.346 e. The summed E-state index contributed by atoms with van der Waals surface area (Å²) in [4.78, 5) is 35.9.